The number of carbonyl (C=O) groups excluding carboxylic acids is 1. The Morgan fingerprint density at radius 3 is 2.14 bits per heavy atom. The zero-order valence-electron chi connectivity index (χ0n) is 15.6. The molecule has 0 saturated heterocycles. The van der Waals surface area contributed by atoms with E-state index in [0.29, 0.717) is 16.9 Å². The molecule has 0 heterocycles. The second-order valence-electron chi connectivity index (χ2n) is 6.34. The summed E-state index contributed by atoms with van der Waals surface area (Å²) in [6.45, 7) is 0. The highest BCUT2D eigenvalue weighted by Crippen LogP contribution is 2.22. The van der Waals surface area contributed by atoms with Crippen molar-refractivity contribution in [2.24, 2.45) is 10.7 Å². The number of para-hydroxylation sites is 2. The van der Waals surface area contributed by atoms with Gasteiger partial charge in [0.05, 0.1) is 16.9 Å². The molecule has 0 aromatic heterocycles. The molecule has 29 heavy (non-hydrogen) atoms. The first-order valence-electron chi connectivity index (χ1n) is 9.17. The highest BCUT2D eigenvalue weighted by Gasteiger charge is 2.20. The summed E-state index contributed by atoms with van der Waals surface area (Å²) in [4.78, 5) is 23.1. The van der Waals surface area contributed by atoms with Crippen molar-refractivity contribution in [2.45, 2.75) is 0 Å². The van der Waals surface area contributed by atoms with Crippen LogP contribution in [0.3, 0.4) is 0 Å². The fourth-order valence-corrected chi connectivity index (χ4v) is 3.01. The molecule has 4 aromatic carbocycles. The van der Waals surface area contributed by atoms with E-state index in [1.54, 1.807) is 18.2 Å². The second-order valence-corrected chi connectivity index (χ2v) is 6.34. The third kappa shape index (κ3) is 4.09. The number of anilines is 1. The van der Waals surface area contributed by atoms with Crippen LogP contribution in [0.5, 0.6) is 0 Å². The van der Waals surface area contributed by atoms with Gasteiger partial charge in [-0.05, 0) is 41.1 Å². The van der Waals surface area contributed by atoms with Crippen LogP contribution < -0.4 is 10.8 Å². The summed E-state index contributed by atoms with van der Waals surface area (Å²) in [5, 5.41) is 3.02. The average Bonchev–Trinajstić information content (AvgIpc) is 2.78. The number of hydrogen-bond acceptors (Lipinski definition) is 3. The van der Waals surface area contributed by atoms with Gasteiger partial charge < -0.3 is 10.6 Å². The van der Waals surface area contributed by atoms with Gasteiger partial charge in [-0.25, -0.2) is 9.79 Å². The van der Waals surface area contributed by atoms with Gasteiger partial charge >= 0.3 is 5.97 Å². The number of benzene rings is 4. The van der Waals surface area contributed by atoms with Crippen molar-refractivity contribution in [3.63, 3.8) is 0 Å². The molecule has 0 radical (unpaired) electrons. The van der Waals surface area contributed by atoms with E-state index in [2.05, 4.69) is 4.99 Å². The van der Waals surface area contributed by atoms with Crippen LogP contribution >= 0.6 is 0 Å². The first-order chi connectivity index (χ1) is 14.2. The largest absolute Gasteiger partial charge is 0.367 e. The van der Waals surface area contributed by atoms with E-state index >= 15 is 0 Å². The van der Waals surface area contributed by atoms with Crippen LogP contribution in [-0.2, 0) is 4.84 Å². The van der Waals surface area contributed by atoms with Crippen molar-refractivity contribution in [1.29, 1.82) is 0 Å². The van der Waals surface area contributed by atoms with Gasteiger partial charge in [0, 0.05) is 0 Å². The van der Waals surface area contributed by atoms with E-state index in [4.69, 9.17) is 10.6 Å². The molecule has 0 unspecified atom stereocenters. The molecule has 2 N–H and O–H groups in total. The summed E-state index contributed by atoms with van der Waals surface area (Å²) in [5.41, 5.74) is 7.93. The highest BCUT2D eigenvalue weighted by molar-refractivity contribution is 6.06. The summed E-state index contributed by atoms with van der Waals surface area (Å²) < 4.78 is 0. The number of nitrogens with two attached hydrogens (primary N) is 1. The Balaban J connectivity index is 1.70. The van der Waals surface area contributed by atoms with Crippen molar-refractivity contribution in [3.05, 3.63) is 109 Å². The van der Waals surface area contributed by atoms with Gasteiger partial charge in [-0.3, -0.25) is 0 Å². The van der Waals surface area contributed by atoms with E-state index in [1.807, 2.05) is 84.9 Å². The predicted octanol–water partition coefficient (Wildman–Crippen LogP) is 5.06. The lowest BCUT2D eigenvalue weighted by molar-refractivity contribution is 0.0518. The molecule has 0 aliphatic carbocycles. The molecule has 4 aromatic rings. The Labute approximate surface area is 168 Å². The maximum atomic E-state index is 13.0. The molecule has 0 fully saturated rings. The molecule has 4 rings (SSSR count). The van der Waals surface area contributed by atoms with Crippen LogP contribution in [0.4, 0.5) is 11.4 Å². The van der Waals surface area contributed by atoms with E-state index in [1.165, 1.54) is 5.06 Å². The van der Waals surface area contributed by atoms with Crippen molar-refractivity contribution in [1.82, 2.24) is 0 Å². The summed E-state index contributed by atoms with van der Waals surface area (Å²) in [6, 6.07) is 31.6. The lowest BCUT2D eigenvalue weighted by Crippen LogP contribution is -2.39. The van der Waals surface area contributed by atoms with Crippen molar-refractivity contribution >= 4 is 34.1 Å². The SMILES string of the molecule is NC(=Nc1ccccc1)N(OC(=O)c1cccc2ccccc12)c1ccccc1. The first-order valence-corrected chi connectivity index (χ1v) is 9.17. The zero-order valence-corrected chi connectivity index (χ0v) is 15.6. The summed E-state index contributed by atoms with van der Waals surface area (Å²) in [7, 11) is 0. The second kappa shape index (κ2) is 8.27. The molecule has 0 atom stereocenters. The smallest absolute Gasteiger partial charge is 0.364 e. The number of aliphatic imine (C=N–C) groups is 1. The van der Waals surface area contributed by atoms with E-state index in [9.17, 15) is 4.79 Å². The van der Waals surface area contributed by atoms with Crippen LogP contribution in [0.1, 0.15) is 10.4 Å². The van der Waals surface area contributed by atoms with Gasteiger partial charge in [0.25, 0.3) is 0 Å². The normalized spacial score (nSPS) is 11.2. The number of nitrogens with zero attached hydrogens (tertiary/aromatic N) is 2. The molecule has 5 heteroatoms. The Hall–Kier alpha value is -4.12. The Morgan fingerprint density at radius 2 is 1.38 bits per heavy atom. The molecule has 0 amide bonds. The summed E-state index contributed by atoms with van der Waals surface area (Å²) in [5.74, 6) is -0.465. The van der Waals surface area contributed by atoms with Gasteiger partial charge in [-0.1, -0.05) is 72.8 Å². The Kier molecular flexibility index (Phi) is 5.21. The number of hydrogen-bond donors (Lipinski definition) is 1. The molecule has 5 nitrogen and oxygen atoms in total. The Morgan fingerprint density at radius 1 is 0.759 bits per heavy atom. The quantitative estimate of drug-likeness (QED) is 0.306. The number of guanidine groups is 1. The number of hydroxylamine groups is 1. The van der Waals surface area contributed by atoms with E-state index in [0.717, 1.165) is 10.8 Å². The van der Waals surface area contributed by atoms with Gasteiger partial charge in [0.2, 0.25) is 5.96 Å². The lowest BCUT2D eigenvalue weighted by Gasteiger charge is -2.22. The molecule has 0 spiro atoms. The van der Waals surface area contributed by atoms with Gasteiger partial charge in [0.15, 0.2) is 0 Å². The molecule has 0 saturated carbocycles. The maximum Gasteiger partial charge on any atom is 0.364 e. The first kappa shape index (κ1) is 18.3. The van der Waals surface area contributed by atoms with Crippen molar-refractivity contribution in [3.8, 4) is 0 Å². The minimum absolute atomic E-state index is 0.0518. The summed E-state index contributed by atoms with van der Waals surface area (Å²) >= 11 is 0. The number of rotatable bonds is 3. The highest BCUT2D eigenvalue weighted by atomic mass is 16.7. The Bertz CT molecular complexity index is 1150. The van der Waals surface area contributed by atoms with Crippen molar-refractivity contribution in [2.75, 3.05) is 5.06 Å². The van der Waals surface area contributed by atoms with Gasteiger partial charge in [0.1, 0.15) is 0 Å². The molecule has 0 aliphatic rings. The van der Waals surface area contributed by atoms with Crippen LogP contribution in [0, 0.1) is 0 Å². The lowest BCUT2D eigenvalue weighted by atomic mass is 10.1. The van der Waals surface area contributed by atoms with Crippen LogP contribution in [0.25, 0.3) is 10.8 Å². The third-order valence-corrected chi connectivity index (χ3v) is 4.38. The molecule has 142 valence electrons. The molecular formula is C24H19N3O2. The molecule has 0 bridgehead atoms. The minimum Gasteiger partial charge on any atom is -0.367 e. The fraction of sp³-hybridized carbons (Fsp3) is 0. The van der Waals surface area contributed by atoms with Gasteiger partial charge in [-0.2, -0.15) is 0 Å². The maximum absolute atomic E-state index is 13.0. The van der Waals surface area contributed by atoms with Crippen molar-refractivity contribution < 1.29 is 9.63 Å². The van der Waals surface area contributed by atoms with E-state index in [-0.39, 0.29) is 5.96 Å². The summed E-state index contributed by atoms with van der Waals surface area (Å²) in [6.07, 6.45) is 0. The fourth-order valence-electron chi connectivity index (χ4n) is 3.01. The van der Waals surface area contributed by atoms with Crippen LogP contribution in [-0.4, -0.2) is 11.9 Å². The monoisotopic (exact) mass is 381 g/mol. The van der Waals surface area contributed by atoms with E-state index < -0.39 is 5.97 Å². The van der Waals surface area contributed by atoms with Crippen LogP contribution in [0.15, 0.2) is 108 Å². The zero-order chi connectivity index (χ0) is 20.1. The van der Waals surface area contributed by atoms with Gasteiger partial charge in [-0.15, -0.1) is 5.06 Å². The number of carbonyl (C=O) groups is 1. The standard InChI is InChI=1S/C24H19N3O2/c25-24(26-19-12-3-1-4-13-19)27(20-14-5-2-6-15-20)29-23(28)22-17-9-11-18-10-7-8-16-21(18)22/h1-17H,(H2,25,26). The average molecular weight is 381 g/mol. The topological polar surface area (TPSA) is 67.9 Å². The van der Waals surface area contributed by atoms with Crippen LogP contribution in [0.2, 0.25) is 0 Å². The number of fused-ring (bicyclic) bond motifs is 1. The molecular weight excluding hydrogens is 362 g/mol. The minimum atomic E-state index is -0.517. The molecule has 0 aliphatic heterocycles. The predicted molar refractivity (Wildman–Crippen MR) is 116 cm³/mol. The third-order valence-electron chi connectivity index (χ3n) is 4.38.